The largest absolute Gasteiger partial charge is 0.497 e. The molecule has 6 nitrogen and oxygen atoms in total. The average molecular weight is 395 g/mol. The van der Waals surface area contributed by atoms with Gasteiger partial charge in [-0.2, -0.15) is 0 Å². The number of Topliss-reactive ketones (excluding diaryl/α,β-unsaturated/α-hetero) is 1. The minimum absolute atomic E-state index is 0.0416. The molecule has 2 aromatic carbocycles. The molecule has 0 radical (unpaired) electrons. The van der Waals surface area contributed by atoms with E-state index in [2.05, 4.69) is 10.3 Å². The number of thioether (sulfide) groups is 1. The number of amides is 1. The first-order valence-electron chi connectivity index (χ1n) is 8.74. The second-order valence-electron chi connectivity index (χ2n) is 6.16. The number of ketones is 1. The van der Waals surface area contributed by atoms with Gasteiger partial charge in [-0.25, -0.2) is 4.98 Å². The average Bonchev–Trinajstić information content (AvgIpc) is 3.16. The third-order valence-corrected chi connectivity index (χ3v) is 5.23. The highest BCUT2D eigenvalue weighted by Crippen LogP contribution is 2.26. The Morgan fingerprint density at radius 1 is 1.18 bits per heavy atom. The summed E-state index contributed by atoms with van der Waals surface area (Å²) >= 11 is 1.36. The number of nitrogens with zero attached hydrogens (tertiary/aromatic N) is 2. The molecular formula is C21H21N3O3S. The van der Waals surface area contributed by atoms with E-state index in [9.17, 15) is 9.59 Å². The van der Waals surface area contributed by atoms with Crippen molar-refractivity contribution in [3.05, 3.63) is 66.5 Å². The number of imidazole rings is 1. The van der Waals surface area contributed by atoms with Crippen LogP contribution >= 0.6 is 11.8 Å². The van der Waals surface area contributed by atoms with Gasteiger partial charge in [0.2, 0.25) is 5.91 Å². The van der Waals surface area contributed by atoms with Gasteiger partial charge in [-0.1, -0.05) is 23.9 Å². The van der Waals surface area contributed by atoms with Gasteiger partial charge in [0.15, 0.2) is 10.9 Å². The fourth-order valence-electron chi connectivity index (χ4n) is 2.59. The van der Waals surface area contributed by atoms with Gasteiger partial charge in [0.25, 0.3) is 0 Å². The molecule has 0 saturated carbocycles. The molecule has 0 bridgehead atoms. The normalized spacial score (nSPS) is 11.7. The monoisotopic (exact) mass is 395 g/mol. The highest BCUT2D eigenvalue weighted by molar-refractivity contribution is 8.00. The van der Waals surface area contributed by atoms with E-state index in [0.29, 0.717) is 16.4 Å². The van der Waals surface area contributed by atoms with Crippen molar-refractivity contribution in [3.8, 4) is 11.4 Å². The van der Waals surface area contributed by atoms with E-state index >= 15 is 0 Å². The van der Waals surface area contributed by atoms with Crippen LogP contribution in [-0.4, -0.2) is 33.6 Å². The summed E-state index contributed by atoms with van der Waals surface area (Å²) in [5.74, 6) is 0.577. The molecule has 1 N–H and O–H groups in total. The predicted molar refractivity (Wildman–Crippen MR) is 111 cm³/mol. The number of carbonyl (C=O) groups excluding carboxylic acids is 2. The predicted octanol–water partition coefficient (Wildman–Crippen LogP) is 4.20. The lowest BCUT2D eigenvalue weighted by atomic mass is 10.1. The van der Waals surface area contributed by atoms with E-state index < -0.39 is 0 Å². The quantitative estimate of drug-likeness (QED) is 0.479. The summed E-state index contributed by atoms with van der Waals surface area (Å²) in [5.41, 5.74) is 2.10. The van der Waals surface area contributed by atoms with Gasteiger partial charge < -0.3 is 10.1 Å². The van der Waals surface area contributed by atoms with Crippen LogP contribution in [0.5, 0.6) is 5.75 Å². The van der Waals surface area contributed by atoms with Crippen molar-refractivity contribution in [1.29, 1.82) is 0 Å². The maximum atomic E-state index is 12.6. The molecule has 0 aliphatic heterocycles. The van der Waals surface area contributed by atoms with E-state index in [1.54, 1.807) is 37.6 Å². The zero-order valence-electron chi connectivity index (χ0n) is 15.9. The molecule has 1 heterocycles. The fraction of sp³-hybridized carbons (Fsp3) is 0.190. The van der Waals surface area contributed by atoms with Gasteiger partial charge in [-0.05, 0) is 50.2 Å². The lowest BCUT2D eigenvalue weighted by molar-refractivity contribution is -0.115. The van der Waals surface area contributed by atoms with Crippen LogP contribution in [0.15, 0.2) is 66.1 Å². The van der Waals surface area contributed by atoms with E-state index in [0.717, 1.165) is 11.4 Å². The minimum atomic E-state index is -0.375. The van der Waals surface area contributed by atoms with Gasteiger partial charge >= 0.3 is 0 Å². The zero-order chi connectivity index (χ0) is 20.1. The van der Waals surface area contributed by atoms with Gasteiger partial charge in [0, 0.05) is 29.3 Å². The number of hydrogen-bond acceptors (Lipinski definition) is 5. The standard InChI is InChI=1S/C21H21N3O3S/c1-14(25)16-5-4-6-17(13-16)23-20(26)15(2)28-21-22-11-12-24(21)18-7-9-19(27-3)10-8-18/h4-13,15H,1-3H3,(H,23,26). The minimum Gasteiger partial charge on any atom is -0.497 e. The summed E-state index contributed by atoms with van der Waals surface area (Å²) in [6.07, 6.45) is 3.55. The van der Waals surface area contributed by atoms with Gasteiger partial charge in [0.05, 0.1) is 12.4 Å². The second kappa shape index (κ2) is 8.75. The SMILES string of the molecule is COc1ccc(-n2ccnc2SC(C)C(=O)Nc2cccc(C(C)=O)c2)cc1. The maximum absolute atomic E-state index is 12.6. The summed E-state index contributed by atoms with van der Waals surface area (Å²) in [5, 5.41) is 3.20. The molecular weight excluding hydrogens is 374 g/mol. The van der Waals surface area contributed by atoms with E-state index in [1.807, 2.05) is 42.0 Å². The highest BCUT2D eigenvalue weighted by Gasteiger charge is 2.18. The number of ether oxygens (including phenoxy) is 1. The fourth-order valence-corrected chi connectivity index (χ4v) is 3.47. The number of carbonyl (C=O) groups is 2. The van der Waals surface area contributed by atoms with Crippen LogP contribution < -0.4 is 10.1 Å². The molecule has 1 unspecified atom stereocenters. The first-order chi connectivity index (χ1) is 13.5. The Labute approximate surface area is 167 Å². The summed E-state index contributed by atoms with van der Waals surface area (Å²) in [6.45, 7) is 3.32. The summed E-state index contributed by atoms with van der Waals surface area (Å²) in [4.78, 5) is 28.5. The molecule has 28 heavy (non-hydrogen) atoms. The van der Waals surface area contributed by atoms with Crippen LogP contribution in [0.3, 0.4) is 0 Å². The van der Waals surface area contributed by atoms with Gasteiger partial charge in [-0.3, -0.25) is 14.2 Å². The Morgan fingerprint density at radius 3 is 2.61 bits per heavy atom. The molecule has 0 aliphatic rings. The van der Waals surface area contributed by atoms with Crippen LogP contribution in [0, 0.1) is 0 Å². The van der Waals surface area contributed by atoms with Crippen LogP contribution in [0.4, 0.5) is 5.69 Å². The van der Waals surface area contributed by atoms with Crippen LogP contribution in [0.1, 0.15) is 24.2 Å². The zero-order valence-corrected chi connectivity index (χ0v) is 16.7. The molecule has 3 rings (SSSR count). The molecule has 0 spiro atoms. The Morgan fingerprint density at radius 2 is 1.93 bits per heavy atom. The number of hydrogen-bond donors (Lipinski definition) is 1. The molecule has 1 aromatic heterocycles. The van der Waals surface area contributed by atoms with E-state index in [1.165, 1.54) is 18.7 Å². The third-order valence-electron chi connectivity index (χ3n) is 4.15. The number of rotatable bonds is 7. The first-order valence-corrected chi connectivity index (χ1v) is 9.62. The van der Waals surface area contributed by atoms with Crippen molar-refractivity contribution in [2.75, 3.05) is 12.4 Å². The lowest BCUT2D eigenvalue weighted by Crippen LogP contribution is -2.23. The molecule has 1 amide bonds. The molecule has 144 valence electrons. The molecule has 0 fully saturated rings. The van der Waals surface area contributed by atoms with Crippen molar-refractivity contribution < 1.29 is 14.3 Å². The second-order valence-corrected chi connectivity index (χ2v) is 7.47. The first kappa shape index (κ1) is 19.7. The van der Waals surface area contributed by atoms with Crippen molar-refractivity contribution >= 4 is 29.1 Å². The number of anilines is 1. The number of methoxy groups -OCH3 is 1. The van der Waals surface area contributed by atoms with Crippen LogP contribution in [0.2, 0.25) is 0 Å². The molecule has 7 heteroatoms. The van der Waals surface area contributed by atoms with Crippen LogP contribution in [0.25, 0.3) is 5.69 Å². The molecule has 0 aliphatic carbocycles. The third kappa shape index (κ3) is 4.61. The number of nitrogens with one attached hydrogen (secondary N) is 1. The van der Waals surface area contributed by atoms with E-state index in [-0.39, 0.29) is 16.9 Å². The molecule has 1 atom stereocenters. The van der Waals surface area contributed by atoms with Crippen LogP contribution in [-0.2, 0) is 4.79 Å². The lowest BCUT2D eigenvalue weighted by Gasteiger charge is -2.14. The summed E-state index contributed by atoms with van der Waals surface area (Å²) in [7, 11) is 1.62. The molecule has 3 aromatic rings. The highest BCUT2D eigenvalue weighted by atomic mass is 32.2. The molecule has 0 saturated heterocycles. The van der Waals surface area contributed by atoms with Gasteiger partial charge in [-0.15, -0.1) is 0 Å². The van der Waals surface area contributed by atoms with Gasteiger partial charge in [0.1, 0.15) is 5.75 Å². The Kier molecular flexibility index (Phi) is 6.16. The number of aromatic nitrogens is 2. The Bertz CT molecular complexity index is 983. The number of benzene rings is 2. The van der Waals surface area contributed by atoms with Crippen molar-refractivity contribution in [1.82, 2.24) is 9.55 Å². The smallest absolute Gasteiger partial charge is 0.237 e. The van der Waals surface area contributed by atoms with E-state index in [4.69, 9.17) is 4.74 Å². The Hall–Kier alpha value is -3.06. The topological polar surface area (TPSA) is 73.2 Å². The Balaban J connectivity index is 1.70. The maximum Gasteiger partial charge on any atom is 0.237 e. The van der Waals surface area contributed by atoms with Crippen molar-refractivity contribution in [2.45, 2.75) is 24.3 Å². The van der Waals surface area contributed by atoms with Crippen molar-refractivity contribution in [2.24, 2.45) is 0 Å². The van der Waals surface area contributed by atoms with Crippen molar-refractivity contribution in [3.63, 3.8) is 0 Å². The summed E-state index contributed by atoms with van der Waals surface area (Å²) in [6, 6.07) is 14.5. The summed E-state index contributed by atoms with van der Waals surface area (Å²) < 4.78 is 7.11.